The molecule has 1 aromatic heterocycles. The smallest absolute Gasteiger partial charge is 0.307 e. The standard InChI is InChI=1S/C21H22FN5O2S/c1-12-9-10-17(13(2)11-12)23-20(29)24-19(28)14(3)30-21-26-25-18(27(21)4)15-7-5-6-8-16(15)22/h5-11,14H,1-4H3,(H2,23,24,28,29). The molecular weight excluding hydrogens is 405 g/mol. The molecule has 3 amide bonds. The maximum atomic E-state index is 14.0. The molecule has 0 aliphatic rings. The summed E-state index contributed by atoms with van der Waals surface area (Å²) in [4.78, 5) is 24.6. The Bertz CT molecular complexity index is 1100. The summed E-state index contributed by atoms with van der Waals surface area (Å²) in [6.45, 7) is 5.50. The van der Waals surface area contributed by atoms with E-state index in [1.807, 2.05) is 26.0 Å². The number of benzene rings is 2. The van der Waals surface area contributed by atoms with Crippen molar-refractivity contribution in [3.05, 3.63) is 59.4 Å². The van der Waals surface area contributed by atoms with Crippen LogP contribution in [0, 0.1) is 19.7 Å². The second-order valence-corrected chi connectivity index (χ2v) is 8.17. The predicted octanol–water partition coefficient (Wildman–Crippen LogP) is 4.07. The summed E-state index contributed by atoms with van der Waals surface area (Å²) in [5, 5.41) is 12.9. The van der Waals surface area contributed by atoms with E-state index in [0.29, 0.717) is 22.2 Å². The quantitative estimate of drug-likeness (QED) is 0.599. The van der Waals surface area contributed by atoms with Gasteiger partial charge in [0.25, 0.3) is 0 Å². The number of aryl methyl sites for hydroxylation is 2. The second kappa shape index (κ2) is 9.08. The minimum absolute atomic E-state index is 0.323. The first-order chi connectivity index (χ1) is 14.3. The van der Waals surface area contributed by atoms with Gasteiger partial charge in [0.2, 0.25) is 5.91 Å². The molecule has 1 atom stereocenters. The van der Waals surface area contributed by atoms with Crippen molar-refractivity contribution < 1.29 is 14.0 Å². The molecule has 9 heteroatoms. The lowest BCUT2D eigenvalue weighted by atomic mass is 10.1. The maximum Gasteiger partial charge on any atom is 0.325 e. The molecule has 0 saturated carbocycles. The van der Waals surface area contributed by atoms with Gasteiger partial charge in [0.15, 0.2) is 11.0 Å². The van der Waals surface area contributed by atoms with Crippen LogP contribution in [0.4, 0.5) is 14.9 Å². The van der Waals surface area contributed by atoms with E-state index in [1.54, 1.807) is 42.8 Å². The van der Waals surface area contributed by atoms with Crippen LogP contribution in [0.3, 0.4) is 0 Å². The lowest BCUT2D eigenvalue weighted by Crippen LogP contribution is -2.39. The molecule has 0 aliphatic heterocycles. The van der Waals surface area contributed by atoms with Crippen LogP contribution in [-0.4, -0.2) is 32.0 Å². The predicted molar refractivity (Wildman–Crippen MR) is 115 cm³/mol. The van der Waals surface area contributed by atoms with Gasteiger partial charge in [-0.1, -0.05) is 41.6 Å². The molecule has 0 radical (unpaired) electrons. The first kappa shape index (κ1) is 21.5. The van der Waals surface area contributed by atoms with E-state index in [0.717, 1.165) is 22.9 Å². The van der Waals surface area contributed by atoms with Gasteiger partial charge in [0, 0.05) is 12.7 Å². The van der Waals surface area contributed by atoms with Gasteiger partial charge in [0.05, 0.1) is 10.8 Å². The molecule has 1 unspecified atom stereocenters. The van der Waals surface area contributed by atoms with E-state index in [9.17, 15) is 14.0 Å². The summed E-state index contributed by atoms with van der Waals surface area (Å²) >= 11 is 1.13. The molecule has 2 aromatic carbocycles. The van der Waals surface area contributed by atoms with Crippen LogP contribution in [0.25, 0.3) is 11.4 Å². The third kappa shape index (κ3) is 4.85. The van der Waals surface area contributed by atoms with Gasteiger partial charge >= 0.3 is 6.03 Å². The highest BCUT2D eigenvalue weighted by Crippen LogP contribution is 2.27. The fourth-order valence-electron chi connectivity index (χ4n) is 2.83. The number of urea groups is 1. The van der Waals surface area contributed by atoms with Gasteiger partial charge < -0.3 is 9.88 Å². The maximum absolute atomic E-state index is 14.0. The minimum Gasteiger partial charge on any atom is -0.307 e. The number of hydrogen-bond acceptors (Lipinski definition) is 5. The number of thioether (sulfide) groups is 1. The molecule has 1 heterocycles. The Labute approximate surface area is 178 Å². The number of carbonyl (C=O) groups is 2. The molecule has 3 aromatic rings. The van der Waals surface area contributed by atoms with Crippen molar-refractivity contribution >= 4 is 29.4 Å². The zero-order chi connectivity index (χ0) is 21.8. The molecule has 2 N–H and O–H groups in total. The molecule has 0 aliphatic carbocycles. The molecule has 0 saturated heterocycles. The number of hydrogen-bond donors (Lipinski definition) is 2. The minimum atomic E-state index is -0.619. The fourth-order valence-corrected chi connectivity index (χ4v) is 3.64. The van der Waals surface area contributed by atoms with Crippen molar-refractivity contribution in [3.63, 3.8) is 0 Å². The van der Waals surface area contributed by atoms with Crippen molar-refractivity contribution in [2.45, 2.75) is 31.2 Å². The van der Waals surface area contributed by atoms with E-state index in [2.05, 4.69) is 20.8 Å². The summed E-state index contributed by atoms with van der Waals surface area (Å²) in [7, 11) is 1.70. The SMILES string of the molecule is Cc1ccc(NC(=O)NC(=O)C(C)Sc2nnc(-c3ccccc3F)n2C)c(C)c1. The molecule has 7 nitrogen and oxygen atoms in total. The number of rotatable bonds is 5. The Hall–Kier alpha value is -3.20. The van der Waals surface area contributed by atoms with Gasteiger partial charge in [-0.05, 0) is 44.5 Å². The van der Waals surface area contributed by atoms with Gasteiger partial charge in [-0.25, -0.2) is 9.18 Å². The van der Waals surface area contributed by atoms with Crippen LogP contribution in [0.15, 0.2) is 47.6 Å². The number of amides is 3. The average Bonchev–Trinajstić information content (AvgIpc) is 3.04. The summed E-state index contributed by atoms with van der Waals surface area (Å²) in [5.41, 5.74) is 2.94. The van der Waals surface area contributed by atoms with Gasteiger partial charge in [0.1, 0.15) is 5.82 Å². The zero-order valence-electron chi connectivity index (χ0n) is 17.1. The monoisotopic (exact) mass is 427 g/mol. The average molecular weight is 428 g/mol. The van der Waals surface area contributed by atoms with Gasteiger partial charge in [-0.2, -0.15) is 0 Å². The van der Waals surface area contributed by atoms with Crippen LogP contribution >= 0.6 is 11.8 Å². The lowest BCUT2D eigenvalue weighted by Gasteiger charge is -2.13. The first-order valence-corrected chi connectivity index (χ1v) is 10.1. The number of aromatic nitrogens is 3. The molecule has 0 bridgehead atoms. The number of nitrogens with one attached hydrogen (secondary N) is 2. The largest absolute Gasteiger partial charge is 0.325 e. The molecule has 3 rings (SSSR count). The number of carbonyl (C=O) groups excluding carboxylic acids is 2. The van der Waals surface area contributed by atoms with Crippen molar-refractivity contribution in [2.24, 2.45) is 7.05 Å². The highest BCUT2D eigenvalue weighted by Gasteiger charge is 2.22. The molecule has 156 valence electrons. The topological polar surface area (TPSA) is 88.9 Å². The molecule has 0 spiro atoms. The van der Waals surface area contributed by atoms with E-state index in [4.69, 9.17) is 0 Å². The number of halogens is 1. The summed E-state index contributed by atoms with van der Waals surface area (Å²) in [6.07, 6.45) is 0. The van der Waals surface area contributed by atoms with Crippen LogP contribution < -0.4 is 10.6 Å². The first-order valence-electron chi connectivity index (χ1n) is 9.26. The van der Waals surface area contributed by atoms with Crippen molar-refractivity contribution in [1.82, 2.24) is 20.1 Å². The van der Waals surface area contributed by atoms with Crippen LogP contribution in [0.5, 0.6) is 0 Å². The lowest BCUT2D eigenvalue weighted by molar-refractivity contribution is -0.119. The second-order valence-electron chi connectivity index (χ2n) is 6.87. The third-order valence-electron chi connectivity index (χ3n) is 4.47. The Morgan fingerprint density at radius 3 is 2.57 bits per heavy atom. The van der Waals surface area contributed by atoms with E-state index >= 15 is 0 Å². The molecular formula is C21H22FN5O2S. The van der Waals surface area contributed by atoms with E-state index in [1.165, 1.54) is 6.07 Å². The van der Waals surface area contributed by atoms with Gasteiger partial charge in [-0.3, -0.25) is 10.1 Å². The summed E-state index contributed by atoms with van der Waals surface area (Å²) in [6, 6.07) is 11.3. The highest BCUT2D eigenvalue weighted by atomic mass is 32.2. The van der Waals surface area contributed by atoms with Crippen molar-refractivity contribution in [3.8, 4) is 11.4 Å². The third-order valence-corrected chi connectivity index (χ3v) is 5.60. The summed E-state index contributed by atoms with van der Waals surface area (Å²) < 4.78 is 15.6. The highest BCUT2D eigenvalue weighted by molar-refractivity contribution is 8.00. The van der Waals surface area contributed by atoms with Gasteiger partial charge in [-0.15, -0.1) is 10.2 Å². The molecule has 0 fully saturated rings. The van der Waals surface area contributed by atoms with Crippen molar-refractivity contribution in [2.75, 3.05) is 5.32 Å². The van der Waals surface area contributed by atoms with E-state index < -0.39 is 23.0 Å². The number of anilines is 1. The Morgan fingerprint density at radius 1 is 1.13 bits per heavy atom. The van der Waals surface area contributed by atoms with E-state index in [-0.39, 0.29) is 0 Å². The van der Waals surface area contributed by atoms with Crippen LogP contribution in [0.1, 0.15) is 18.1 Å². The normalized spacial score (nSPS) is 11.8. The molecule has 30 heavy (non-hydrogen) atoms. The Kier molecular flexibility index (Phi) is 6.51. The van der Waals surface area contributed by atoms with Crippen LogP contribution in [-0.2, 0) is 11.8 Å². The number of imide groups is 1. The fraction of sp³-hybridized carbons (Fsp3) is 0.238. The van der Waals surface area contributed by atoms with Crippen molar-refractivity contribution in [1.29, 1.82) is 0 Å². The number of nitrogens with zero attached hydrogens (tertiary/aromatic N) is 3. The van der Waals surface area contributed by atoms with Crippen LogP contribution in [0.2, 0.25) is 0 Å². The Morgan fingerprint density at radius 2 is 1.87 bits per heavy atom. The summed E-state index contributed by atoms with van der Waals surface area (Å²) in [5.74, 6) is -0.521. The zero-order valence-corrected chi connectivity index (χ0v) is 17.9. The Balaban J connectivity index is 1.63.